The molecule has 208 valence electrons. The lowest BCUT2D eigenvalue weighted by Crippen LogP contribution is -2.31. The van der Waals surface area contributed by atoms with E-state index in [1.54, 1.807) is 31.4 Å². The van der Waals surface area contributed by atoms with Crippen molar-refractivity contribution in [2.45, 2.75) is 37.8 Å². The van der Waals surface area contributed by atoms with Crippen LogP contribution in [-0.4, -0.2) is 31.1 Å². The Hall–Kier alpha value is -3.39. The Balaban J connectivity index is 1.69. The fourth-order valence-corrected chi connectivity index (χ4v) is 5.89. The monoisotopic (exact) mass is 596 g/mol. The number of ether oxygens (including phenoxy) is 2. The summed E-state index contributed by atoms with van der Waals surface area (Å²) in [5, 5.41) is 5.52. The molecule has 0 spiro atoms. The Morgan fingerprint density at radius 2 is 1.57 bits per heavy atom. The van der Waals surface area contributed by atoms with Crippen LogP contribution in [0.25, 0.3) is 10.8 Å². The number of benzene rings is 4. The maximum absolute atomic E-state index is 13.3. The largest absolute Gasteiger partial charge is 0.496 e. The van der Waals surface area contributed by atoms with Crippen LogP contribution < -0.4 is 14.4 Å². The van der Waals surface area contributed by atoms with Crippen LogP contribution in [0.5, 0.6) is 5.75 Å². The Kier molecular flexibility index (Phi) is 9.51. The number of fused-ring (bicyclic) bond motifs is 1. The van der Waals surface area contributed by atoms with Gasteiger partial charge in [-0.25, -0.2) is 0 Å². The molecule has 9 heteroatoms. The molecule has 0 atom stereocenters. The number of esters is 1. The summed E-state index contributed by atoms with van der Waals surface area (Å²) in [4.78, 5) is 27.0. The Morgan fingerprint density at radius 1 is 0.900 bits per heavy atom. The molecule has 0 aliphatic carbocycles. The van der Waals surface area contributed by atoms with Gasteiger partial charge in [-0.3, -0.25) is 9.59 Å². The number of carbonyl (C=O) groups excluding carboxylic acids is 2. The van der Waals surface area contributed by atoms with Crippen molar-refractivity contribution in [2.75, 3.05) is 18.0 Å². The van der Waals surface area contributed by atoms with Gasteiger partial charge in [0.1, 0.15) is 17.9 Å². The number of rotatable bonds is 9. The molecular formula is C31H30Cl2N2O4S. The van der Waals surface area contributed by atoms with Gasteiger partial charge in [0.2, 0.25) is 0 Å². The summed E-state index contributed by atoms with van der Waals surface area (Å²) in [6, 6.07) is 24.0. The van der Waals surface area contributed by atoms with Gasteiger partial charge in [-0.15, -0.1) is 0 Å². The van der Waals surface area contributed by atoms with E-state index >= 15 is 0 Å². The van der Waals surface area contributed by atoms with Gasteiger partial charge in [0.05, 0.1) is 12.8 Å². The van der Waals surface area contributed by atoms with Gasteiger partial charge >= 0.3 is 5.97 Å². The molecule has 4 rings (SSSR count). The third kappa shape index (κ3) is 7.62. The first-order chi connectivity index (χ1) is 19.0. The molecule has 0 saturated carbocycles. The van der Waals surface area contributed by atoms with Crippen molar-refractivity contribution >= 4 is 63.5 Å². The van der Waals surface area contributed by atoms with Crippen molar-refractivity contribution < 1.29 is 19.1 Å². The summed E-state index contributed by atoms with van der Waals surface area (Å²) in [5.41, 5.74) is 1.49. The molecule has 0 fully saturated rings. The molecule has 1 amide bonds. The second-order valence-electron chi connectivity index (χ2n) is 9.99. The number of hydrogen-bond acceptors (Lipinski definition) is 6. The SMILES string of the molecule is COc1ccccc1CNC(=O)c1cccc2c(N(CC(=O)OC(C)(C)C)Sc3cc(Cl)cc(Cl)c3)cccc12. The van der Waals surface area contributed by atoms with Crippen molar-refractivity contribution in [3.05, 3.63) is 100 Å². The lowest BCUT2D eigenvalue weighted by atomic mass is 10.0. The van der Waals surface area contributed by atoms with E-state index < -0.39 is 11.6 Å². The van der Waals surface area contributed by atoms with Gasteiger partial charge in [0.25, 0.3) is 5.91 Å². The third-order valence-corrected chi connectivity index (χ3v) is 7.22. The van der Waals surface area contributed by atoms with Crippen molar-refractivity contribution in [3.63, 3.8) is 0 Å². The minimum atomic E-state index is -0.641. The first kappa shape index (κ1) is 29.6. The number of carbonyl (C=O) groups is 2. The van der Waals surface area contributed by atoms with E-state index in [2.05, 4.69) is 5.32 Å². The van der Waals surface area contributed by atoms with Crippen LogP contribution in [0.1, 0.15) is 36.7 Å². The number of amides is 1. The molecule has 4 aromatic rings. The zero-order valence-electron chi connectivity index (χ0n) is 22.7. The first-order valence-electron chi connectivity index (χ1n) is 12.6. The minimum Gasteiger partial charge on any atom is -0.496 e. The number of methoxy groups -OCH3 is 1. The number of hydrogen-bond donors (Lipinski definition) is 1. The Bertz CT molecular complexity index is 1520. The second-order valence-corrected chi connectivity index (χ2v) is 12.0. The average molecular weight is 598 g/mol. The quantitative estimate of drug-likeness (QED) is 0.156. The number of halogens is 2. The first-order valence-corrected chi connectivity index (χ1v) is 14.1. The fourth-order valence-electron chi connectivity index (χ4n) is 4.19. The van der Waals surface area contributed by atoms with E-state index in [1.807, 2.05) is 79.7 Å². The van der Waals surface area contributed by atoms with Gasteiger partial charge in [-0.1, -0.05) is 65.7 Å². The summed E-state index contributed by atoms with van der Waals surface area (Å²) < 4.78 is 12.9. The summed E-state index contributed by atoms with van der Waals surface area (Å²) in [7, 11) is 1.60. The molecule has 6 nitrogen and oxygen atoms in total. The maximum atomic E-state index is 13.3. The van der Waals surface area contributed by atoms with Gasteiger partial charge in [-0.2, -0.15) is 0 Å². The fraction of sp³-hybridized carbons (Fsp3) is 0.226. The van der Waals surface area contributed by atoms with Crippen LogP contribution in [-0.2, 0) is 16.1 Å². The number of anilines is 1. The normalized spacial score (nSPS) is 11.2. The zero-order valence-corrected chi connectivity index (χ0v) is 25.0. The predicted molar refractivity (Wildman–Crippen MR) is 164 cm³/mol. The molecule has 0 aliphatic rings. The van der Waals surface area contributed by atoms with Crippen LogP contribution in [0, 0.1) is 0 Å². The summed E-state index contributed by atoms with van der Waals surface area (Å²) in [6.45, 7) is 5.75. The smallest absolute Gasteiger partial charge is 0.327 e. The summed E-state index contributed by atoms with van der Waals surface area (Å²) >= 11 is 13.8. The van der Waals surface area contributed by atoms with Crippen molar-refractivity contribution in [1.29, 1.82) is 0 Å². The number of nitrogens with zero attached hydrogens (tertiary/aromatic N) is 1. The standard InChI is InChI=1S/C31H30Cl2N2O4S/c1-31(2,3)39-29(36)19-35(40-23-16-21(32)15-22(33)17-23)27-13-8-10-24-25(27)11-7-12-26(24)30(37)34-18-20-9-5-6-14-28(20)38-4/h5-17H,18-19H2,1-4H3,(H,34,37). The van der Waals surface area contributed by atoms with E-state index in [0.29, 0.717) is 27.9 Å². The molecule has 0 radical (unpaired) electrons. The molecule has 0 saturated heterocycles. The van der Waals surface area contributed by atoms with Crippen molar-refractivity contribution in [3.8, 4) is 5.75 Å². The maximum Gasteiger partial charge on any atom is 0.327 e. The van der Waals surface area contributed by atoms with Crippen molar-refractivity contribution in [1.82, 2.24) is 5.32 Å². The van der Waals surface area contributed by atoms with E-state index in [9.17, 15) is 9.59 Å². The Labute approximate surface area is 248 Å². The van der Waals surface area contributed by atoms with Gasteiger partial charge < -0.3 is 19.1 Å². The molecule has 4 aromatic carbocycles. The Morgan fingerprint density at radius 3 is 2.27 bits per heavy atom. The van der Waals surface area contributed by atoms with E-state index in [4.69, 9.17) is 32.7 Å². The lowest BCUT2D eigenvalue weighted by molar-refractivity contribution is -0.152. The van der Waals surface area contributed by atoms with E-state index in [-0.39, 0.29) is 12.5 Å². The summed E-state index contributed by atoms with van der Waals surface area (Å²) in [5.74, 6) is 0.0939. The zero-order chi connectivity index (χ0) is 28.9. The molecule has 0 unspecified atom stereocenters. The predicted octanol–water partition coefficient (Wildman–Crippen LogP) is 7.94. The highest BCUT2D eigenvalue weighted by Gasteiger charge is 2.23. The highest BCUT2D eigenvalue weighted by molar-refractivity contribution is 8.00. The average Bonchev–Trinajstić information content (AvgIpc) is 2.89. The summed E-state index contributed by atoms with van der Waals surface area (Å²) in [6.07, 6.45) is 0. The molecule has 0 bridgehead atoms. The number of nitrogens with one attached hydrogen (secondary N) is 1. The second kappa shape index (κ2) is 12.9. The highest BCUT2D eigenvalue weighted by atomic mass is 35.5. The minimum absolute atomic E-state index is 0.0462. The van der Waals surface area contributed by atoms with Gasteiger partial charge in [0, 0.05) is 38.0 Å². The molecule has 0 aromatic heterocycles. The van der Waals surface area contributed by atoms with Crippen LogP contribution in [0.15, 0.2) is 83.8 Å². The van der Waals surface area contributed by atoms with Crippen LogP contribution >= 0.6 is 35.1 Å². The molecule has 0 heterocycles. The lowest BCUT2D eigenvalue weighted by Gasteiger charge is -2.27. The van der Waals surface area contributed by atoms with Crippen LogP contribution in [0.4, 0.5) is 5.69 Å². The number of para-hydroxylation sites is 1. The van der Waals surface area contributed by atoms with Crippen molar-refractivity contribution in [2.24, 2.45) is 0 Å². The topological polar surface area (TPSA) is 67.9 Å². The van der Waals surface area contributed by atoms with E-state index in [1.165, 1.54) is 11.9 Å². The van der Waals surface area contributed by atoms with Crippen LogP contribution in [0.2, 0.25) is 10.0 Å². The molecule has 1 N–H and O–H groups in total. The molecule has 40 heavy (non-hydrogen) atoms. The molecular weight excluding hydrogens is 567 g/mol. The van der Waals surface area contributed by atoms with Gasteiger partial charge in [0.15, 0.2) is 0 Å². The van der Waals surface area contributed by atoms with E-state index in [0.717, 1.165) is 26.9 Å². The van der Waals surface area contributed by atoms with Gasteiger partial charge in [-0.05, 0) is 74.5 Å². The van der Waals surface area contributed by atoms with Crippen LogP contribution in [0.3, 0.4) is 0 Å². The molecule has 0 aliphatic heterocycles. The third-order valence-electron chi connectivity index (χ3n) is 5.79. The highest BCUT2D eigenvalue weighted by Crippen LogP contribution is 2.37.